The standard InChI is InChI=1S/C34H32FNO5/c1-4-20-36-32(31(34(38)40-5-2)27-8-6-7-9-28(27)33(36)37)23-12-16-25(17-13-23)41-26-18-19-30(35)29(21-26)22-10-14-24(39-3)15-11-22/h6-19,21,31-32H,4-5,20H2,1-3H3. The van der Waals surface area contributed by atoms with Crippen LogP contribution in [0.1, 0.15) is 53.7 Å². The summed E-state index contributed by atoms with van der Waals surface area (Å²) >= 11 is 0. The van der Waals surface area contributed by atoms with Gasteiger partial charge in [0.25, 0.3) is 5.91 Å². The summed E-state index contributed by atoms with van der Waals surface area (Å²) in [4.78, 5) is 28.6. The Morgan fingerprint density at radius 3 is 2.22 bits per heavy atom. The van der Waals surface area contributed by atoms with E-state index in [2.05, 4.69) is 0 Å². The summed E-state index contributed by atoms with van der Waals surface area (Å²) in [5, 5.41) is 0. The molecule has 2 atom stereocenters. The van der Waals surface area contributed by atoms with Gasteiger partial charge in [-0.3, -0.25) is 9.59 Å². The number of esters is 1. The van der Waals surface area contributed by atoms with Gasteiger partial charge in [-0.2, -0.15) is 0 Å². The third-order valence-corrected chi connectivity index (χ3v) is 7.24. The molecule has 1 amide bonds. The summed E-state index contributed by atoms with van der Waals surface area (Å²) in [6, 6.07) is 25.8. The summed E-state index contributed by atoms with van der Waals surface area (Å²) in [5.41, 5.74) is 3.11. The van der Waals surface area contributed by atoms with Crippen LogP contribution >= 0.6 is 0 Å². The topological polar surface area (TPSA) is 65.1 Å². The van der Waals surface area contributed by atoms with E-state index >= 15 is 0 Å². The van der Waals surface area contributed by atoms with Crippen molar-refractivity contribution in [2.45, 2.75) is 32.2 Å². The molecule has 0 spiro atoms. The van der Waals surface area contributed by atoms with Crippen LogP contribution < -0.4 is 9.47 Å². The van der Waals surface area contributed by atoms with Gasteiger partial charge in [0.15, 0.2) is 0 Å². The molecular weight excluding hydrogens is 521 g/mol. The zero-order valence-corrected chi connectivity index (χ0v) is 23.3. The molecule has 4 aromatic carbocycles. The number of hydrogen-bond donors (Lipinski definition) is 0. The van der Waals surface area contributed by atoms with Crippen LogP contribution in [-0.4, -0.2) is 37.0 Å². The third-order valence-electron chi connectivity index (χ3n) is 7.24. The molecule has 41 heavy (non-hydrogen) atoms. The van der Waals surface area contributed by atoms with E-state index in [4.69, 9.17) is 14.2 Å². The smallest absolute Gasteiger partial charge is 0.315 e. The van der Waals surface area contributed by atoms with Crippen molar-refractivity contribution >= 4 is 11.9 Å². The summed E-state index contributed by atoms with van der Waals surface area (Å²) in [6.07, 6.45) is 0.738. The molecule has 0 saturated carbocycles. The second-order valence-electron chi connectivity index (χ2n) is 9.80. The van der Waals surface area contributed by atoms with Crippen LogP contribution in [-0.2, 0) is 9.53 Å². The Labute approximate surface area is 239 Å². The lowest BCUT2D eigenvalue weighted by Gasteiger charge is -2.41. The van der Waals surface area contributed by atoms with Gasteiger partial charge >= 0.3 is 5.97 Å². The molecule has 4 aromatic rings. The number of rotatable bonds is 9. The van der Waals surface area contributed by atoms with Gasteiger partial charge in [-0.15, -0.1) is 0 Å². The van der Waals surface area contributed by atoms with Crippen LogP contribution in [0.15, 0.2) is 91.0 Å². The number of fused-ring (bicyclic) bond motifs is 1. The lowest BCUT2D eigenvalue weighted by atomic mass is 9.79. The van der Waals surface area contributed by atoms with Gasteiger partial charge in [0.2, 0.25) is 0 Å². The average molecular weight is 554 g/mol. The van der Waals surface area contributed by atoms with E-state index in [1.54, 1.807) is 73.5 Å². The quantitative estimate of drug-likeness (QED) is 0.200. The summed E-state index contributed by atoms with van der Waals surface area (Å²) in [5.74, 6) is 0.212. The fraction of sp³-hybridized carbons (Fsp3) is 0.235. The van der Waals surface area contributed by atoms with E-state index in [1.807, 2.05) is 37.3 Å². The van der Waals surface area contributed by atoms with Crippen LogP contribution in [0.4, 0.5) is 4.39 Å². The summed E-state index contributed by atoms with van der Waals surface area (Å²) in [7, 11) is 1.58. The molecule has 210 valence electrons. The molecule has 7 heteroatoms. The predicted molar refractivity (Wildman–Crippen MR) is 155 cm³/mol. The average Bonchev–Trinajstić information content (AvgIpc) is 3.00. The van der Waals surface area contributed by atoms with E-state index in [1.165, 1.54) is 6.07 Å². The van der Waals surface area contributed by atoms with Gasteiger partial charge in [-0.1, -0.05) is 49.4 Å². The molecule has 0 saturated heterocycles. The van der Waals surface area contributed by atoms with E-state index in [-0.39, 0.29) is 24.3 Å². The number of ether oxygens (including phenoxy) is 3. The normalized spacial score (nSPS) is 16.2. The van der Waals surface area contributed by atoms with Gasteiger partial charge in [-0.05, 0) is 78.6 Å². The Morgan fingerprint density at radius 2 is 1.54 bits per heavy atom. The third kappa shape index (κ3) is 5.66. The molecule has 0 N–H and O–H groups in total. The highest BCUT2D eigenvalue weighted by atomic mass is 19.1. The van der Waals surface area contributed by atoms with Gasteiger partial charge in [-0.25, -0.2) is 4.39 Å². The summed E-state index contributed by atoms with van der Waals surface area (Å²) in [6.45, 7) is 4.52. The van der Waals surface area contributed by atoms with Crippen LogP contribution in [0.2, 0.25) is 0 Å². The van der Waals surface area contributed by atoms with Crippen molar-refractivity contribution in [3.63, 3.8) is 0 Å². The van der Waals surface area contributed by atoms with Crippen molar-refractivity contribution < 1.29 is 28.2 Å². The first-order valence-electron chi connectivity index (χ1n) is 13.7. The number of benzene rings is 4. The second-order valence-corrected chi connectivity index (χ2v) is 9.80. The monoisotopic (exact) mass is 553 g/mol. The highest BCUT2D eigenvalue weighted by molar-refractivity contribution is 6.00. The molecule has 0 bridgehead atoms. The molecule has 5 rings (SSSR count). The molecule has 2 unspecified atom stereocenters. The van der Waals surface area contributed by atoms with E-state index in [9.17, 15) is 14.0 Å². The highest BCUT2D eigenvalue weighted by Gasteiger charge is 2.44. The number of nitrogens with zero attached hydrogens (tertiary/aromatic N) is 1. The minimum Gasteiger partial charge on any atom is -0.497 e. The molecule has 0 aliphatic carbocycles. The first-order chi connectivity index (χ1) is 19.9. The van der Waals surface area contributed by atoms with Gasteiger partial charge in [0, 0.05) is 17.7 Å². The van der Waals surface area contributed by atoms with Gasteiger partial charge in [0.1, 0.15) is 29.0 Å². The van der Waals surface area contributed by atoms with Crippen molar-refractivity contribution in [3.8, 4) is 28.4 Å². The molecular formula is C34H32FNO5. The maximum atomic E-state index is 14.7. The maximum absolute atomic E-state index is 14.7. The fourth-order valence-electron chi connectivity index (χ4n) is 5.36. The Bertz CT molecular complexity index is 1530. The van der Waals surface area contributed by atoms with Gasteiger partial charge in [0.05, 0.1) is 19.8 Å². The minimum absolute atomic E-state index is 0.106. The van der Waals surface area contributed by atoms with Crippen LogP contribution in [0, 0.1) is 5.82 Å². The zero-order chi connectivity index (χ0) is 28.9. The van der Waals surface area contributed by atoms with Crippen molar-refractivity contribution in [1.82, 2.24) is 4.90 Å². The van der Waals surface area contributed by atoms with E-state index in [0.29, 0.717) is 46.0 Å². The number of methoxy groups -OCH3 is 1. The maximum Gasteiger partial charge on any atom is 0.315 e. The second kappa shape index (κ2) is 12.3. The number of carbonyl (C=O) groups is 2. The Balaban J connectivity index is 1.45. The Morgan fingerprint density at radius 1 is 0.854 bits per heavy atom. The largest absolute Gasteiger partial charge is 0.497 e. The number of carbonyl (C=O) groups excluding carboxylic acids is 2. The molecule has 0 fully saturated rings. The van der Waals surface area contributed by atoms with Crippen molar-refractivity contribution in [3.05, 3.63) is 114 Å². The van der Waals surface area contributed by atoms with Crippen molar-refractivity contribution in [2.75, 3.05) is 20.3 Å². The predicted octanol–water partition coefficient (Wildman–Crippen LogP) is 7.55. The molecule has 0 radical (unpaired) electrons. The van der Waals surface area contributed by atoms with Crippen LogP contribution in [0.5, 0.6) is 17.2 Å². The van der Waals surface area contributed by atoms with Crippen LogP contribution in [0.25, 0.3) is 11.1 Å². The zero-order valence-electron chi connectivity index (χ0n) is 23.3. The van der Waals surface area contributed by atoms with E-state index < -0.39 is 12.0 Å². The number of hydrogen-bond acceptors (Lipinski definition) is 5. The Kier molecular flexibility index (Phi) is 8.34. The fourth-order valence-corrected chi connectivity index (χ4v) is 5.36. The molecule has 0 aromatic heterocycles. The first-order valence-corrected chi connectivity index (χ1v) is 13.7. The molecule has 1 heterocycles. The first kappa shape index (κ1) is 27.9. The molecule has 6 nitrogen and oxygen atoms in total. The Hall–Kier alpha value is -4.65. The molecule has 1 aliphatic rings. The number of amides is 1. The van der Waals surface area contributed by atoms with E-state index in [0.717, 1.165) is 12.0 Å². The van der Waals surface area contributed by atoms with Crippen molar-refractivity contribution in [2.24, 2.45) is 0 Å². The van der Waals surface area contributed by atoms with Gasteiger partial charge < -0.3 is 19.1 Å². The minimum atomic E-state index is -0.661. The number of halogens is 1. The van der Waals surface area contributed by atoms with Crippen LogP contribution in [0.3, 0.4) is 0 Å². The lowest BCUT2D eigenvalue weighted by Crippen LogP contribution is -2.45. The highest BCUT2D eigenvalue weighted by Crippen LogP contribution is 2.44. The summed E-state index contributed by atoms with van der Waals surface area (Å²) < 4.78 is 31.4. The molecule has 1 aliphatic heterocycles. The lowest BCUT2D eigenvalue weighted by molar-refractivity contribution is -0.146. The van der Waals surface area contributed by atoms with Crippen molar-refractivity contribution in [1.29, 1.82) is 0 Å². The SMILES string of the molecule is CCCN1C(=O)c2ccccc2C(C(=O)OCC)C1c1ccc(Oc2ccc(F)c(-c3ccc(OC)cc3)c2)cc1.